The highest BCUT2D eigenvalue weighted by atomic mass is 35.5. The molecule has 1 aliphatic heterocycles. The molecule has 0 atom stereocenters. The van der Waals surface area contributed by atoms with Gasteiger partial charge in [-0.05, 0) is 30.9 Å². The Labute approximate surface area is 118 Å². The molecule has 2 aliphatic rings. The second kappa shape index (κ2) is 4.49. The Morgan fingerprint density at radius 1 is 1.37 bits per heavy atom. The van der Waals surface area contributed by atoms with Gasteiger partial charge in [-0.2, -0.15) is 8.42 Å². The third-order valence-corrected chi connectivity index (χ3v) is 5.37. The molecular formula is C13H15ClN2O2S. The lowest BCUT2D eigenvalue weighted by molar-refractivity contribution is 0.264. The van der Waals surface area contributed by atoms with Crippen molar-refractivity contribution >= 4 is 27.5 Å². The summed E-state index contributed by atoms with van der Waals surface area (Å²) in [4.78, 5) is 2.23. The van der Waals surface area contributed by atoms with E-state index in [9.17, 15) is 8.42 Å². The van der Waals surface area contributed by atoms with Gasteiger partial charge >= 0.3 is 0 Å². The molecule has 6 heteroatoms. The lowest BCUT2D eigenvalue weighted by Crippen LogP contribution is -2.37. The maximum Gasteiger partial charge on any atom is 0.285 e. The van der Waals surface area contributed by atoms with Crippen molar-refractivity contribution in [3.05, 3.63) is 29.8 Å². The molecule has 19 heavy (non-hydrogen) atoms. The molecule has 0 N–H and O–H groups in total. The van der Waals surface area contributed by atoms with Gasteiger partial charge in [-0.1, -0.05) is 12.1 Å². The van der Waals surface area contributed by atoms with Gasteiger partial charge in [0.25, 0.3) is 10.0 Å². The first-order chi connectivity index (χ1) is 8.97. The number of nitrogens with zero attached hydrogens (tertiary/aromatic N) is 2. The highest BCUT2D eigenvalue weighted by Crippen LogP contribution is 2.33. The third kappa shape index (κ3) is 2.25. The van der Waals surface area contributed by atoms with Crippen LogP contribution in [0.3, 0.4) is 0 Å². The topological polar surface area (TPSA) is 49.7 Å². The summed E-state index contributed by atoms with van der Waals surface area (Å²) in [7, 11) is -1.63. The van der Waals surface area contributed by atoms with E-state index in [1.54, 1.807) is 18.2 Å². The highest BCUT2D eigenvalue weighted by molar-refractivity contribution is 7.90. The molecule has 0 amide bonds. The van der Waals surface area contributed by atoms with Crippen molar-refractivity contribution in [2.45, 2.75) is 23.1 Å². The van der Waals surface area contributed by atoms with Crippen LogP contribution in [0.4, 0.5) is 0 Å². The average molecular weight is 299 g/mol. The van der Waals surface area contributed by atoms with E-state index in [1.807, 2.05) is 18.0 Å². The fourth-order valence-corrected chi connectivity index (χ4v) is 4.40. The van der Waals surface area contributed by atoms with Crippen LogP contribution in [0, 0.1) is 5.92 Å². The predicted molar refractivity (Wildman–Crippen MR) is 75.2 cm³/mol. The monoisotopic (exact) mass is 298 g/mol. The van der Waals surface area contributed by atoms with Crippen molar-refractivity contribution in [1.29, 1.82) is 0 Å². The number of rotatable bonds is 2. The van der Waals surface area contributed by atoms with Gasteiger partial charge in [0, 0.05) is 24.5 Å². The number of hydrogen-bond donors (Lipinski definition) is 0. The van der Waals surface area contributed by atoms with Crippen LogP contribution >= 0.6 is 11.6 Å². The van der Waals surface area contributed by atoms with E-state index in [1.165, 1.54) is 0 Å². The quantitative estimate of drug-likeness (QED) is 0.786. The van der Waals surface area contributed by atoms with Crippen molar-refractivity contribution < 1.29 is 8.42 Å². The molecule has 0 bridgehead atoms. The van der Waals surface area contributed by atoms with Crippen LogP contribution in [-0.4, -0.2) is 38.1 Å². The summed E-state index contributed by atoms with van der Waals surface area (Å²) in [5, 5.41) is 0.278. The van der Waals surface area contributed by atoms with Gasteiger partial charge in [-0.3, -0.25) is 0 Å². The number of sulfonamides is 1. The van der Waals surface area contributed by atoms with Crippen LogP contribution in [0.1, 0.15) is 18.4 Å². The van der Waals surface area contributed by atoms with Crippen molar-refractivity contribution in [1.82, 2.24) is 4.90 Å². The van der Waals surface area contributed by atoms with E-state index in [-0.39, 0.29) is 5.38 Å². The molecule has 3 rings (SSSR count). The summed E-state index contributed by atoms with van der Waals surface area (Å²) in [6, 6.07) is 6.97. The lowest BCUT2D eigenvalue weighted by Gasteiger charge is -2.34. The van der Waals surface area contributed by atoms with E-state index in [0.29, 0.717) is 22.2 Å². The second-order valence-electron chi connectivity index (χ2n) is 5.20. The van der Waals surface area contributed by atoms with Gasteiger partial charge < -0.3 is 4.90 Å². The van der Waals surface area contributed by atoms with Crippen LogP contribution in [0.2, 0.25) is 0 Å². The van der Waals surface area contributed by atoms with Crippen molar-refractivity contribution in [3.8, 4) is 0 Å². The summed E-state index contributed by atoms with van der Waals surface area (Å²) in [5.74, 6) is 1.08. The first kappa shape index (κ1) is 12.9. The molecule has 0 saturated heterocycles. The Morgan fingerprint density at radius 3 is 2.74 bits per heavy atom. The summed E-state index contributed by atoms with van der Waals surface area (Å²) in [6.07, 6.45) is 1.99. The Balaban J connectivity index is 1.85. The molecule has 0 aromatic heterocycles. The molecule has 0 spiro atoms. The first-order valence-electron chi connectivity index (χ1n) is 6.27. The predicted octanol–water partition coefficient (Wildman–Crippen LogP) is 2.08. The number of hydrogen-bond acceptors (Lipinski definition) is 3. The molecule has 1 aliphatic carbocycles. The van der Waals surface area contributed by atoms with Crippen LogP contribution in [0.25, 0.3) is 0 Å². The van der Waals surface area contributed by atoms with E-state index in [4.69, 9.17) is 11.6 Å². The van der Waals surface area contributed by atoms with Crippen LogP contribution in [0.5, 0.6) is 0 Å². The molecule has 4 nitrogen and oxygen atoms in total. The maximum atomic E-state index is 12.0. The minimum atomic E-state index is -3.51. The Morgan fingerprint density at radius 2 is 2.05 bits per heavy atom. The molecule has 102 valence electrons. The third-order valence-electron chi connectivity index (χ3n) is 3.68. The zero-order valence-electron chi connectivity index (χ0n) is 10.6. The van der Waals surface area contributed by atoms with E-state index in [2.05, 4.69) is 4.40 Å². The molecule has 1 aromatic rings. The molecule has 1 saturated carbocycles. The molecule has 1 fully saturated rings. The van der Waals surface area contributed by atoms with E-state index < -0.39 is 10.0 Å². The molecule has 1 aromatic carbocycles. The Kier molecular flexibility index (Phi) is 3.06. The minimum absolute atomic E-state index is 0.278. The van der Waals surface area contributed by atoms with Crippen LogP contribution in [-0.2, 0) is 10.0 Å². The Hall–Kier alpha value is -1.07. The molecule has 0 unspecified atom stereocenters. The van der Waals surface area contributed by atoms with Gasteiger partial charge in [-0.15, -0.1) is 16.0 Å². The smallest absolute Gasteiger partial charge is 0.285 e. The van der Waals surface area contributed by atoms with Gasteiger partial charge in [0.2, 0.25) is 0 Å². The number of amidine groups is 1. The van der Waals surface area contributed by atoms with Crippen LogP contribution in [0.15, 0.2) is 33.6 Å². The van der Waals surface area contributed by atoms with E-state index >= 15 is 0 Å². The summed E-state index contributed by atoms with van der Waals surface area (Å²) < 4.78 is 27.8. The summed E-state index contributed by atoms with van der Waals surface area (Å²) in [5.41, 5.74) is 0.701. The maximum absolute atomic E-state index is 12.0. The first-order valence-corrected chi connectivity index (χ1v) is 8.14. The summed E-state index contributed by atoms with van der Waals surface area (Å²) in [6.45, 7) is 0.798. The zero-order valence-corrected chi connectivity index (χ0v) is 12.2. The minimum Gasteiger partial charge on any atom is -0.358 e. The SMILES string of the molecule is CN(CC1CC(Cl)C1)C1=NS(=O)(=O)c2ccccc21. The molecule has 1 heterocycles. The average Bonchev–Trinajstić information content (AvgIpc) is 2.60. The van der Waals surface area contributed by atoms with Gasteiger partial charge in [-0.25, -0.2) is 0 Å². The fraction of sp³-hybridized carbons (Fsp3) is 0.462. The van der Waals surface area contributed by atoms with Crippen molar-refractivity contribution in [2.24, 2.45) is 10.3 Å². The number of fused-ring (bicyclic) bond motifs is 1. The van der Waals surface area contributed by atoms with Gasteiger partial charge in [0.15, 0.2) is 5.84 Å². The Bertz CT molecular complexity index is 636. The molecular weight excluding hydrogens is 284 g/mol. The molecule has 0 radical (unpaired) electrons. The van der Waals surface area contributed by atoms with Crippen molar-refractivity contribution in [3.63, 3.8) is 0 Å². The largest absolute Gasteiger partial charge is 0.358 e. The van der Waals surface area contributed by atoms with Gasteiger partial charge in [0.1, 0.15) is 4.90 Å². The lowest BCUT2D eigenvalue weighted by atomic mass is 9.84. The fourth-order valence-electron chi connectivity index (χ4n) is 2.64. The van der Waals surface area contributed by atoms with Crippen molar-refractivity contribution in [2.75, 3.05) is 13.6 Å². The summed E-state index contributed by atoms with van der Waals surface area (Å²) >= 11 is 5.97. The number of benzene rings is 1. The standard InChI is InChI=1S/C13H15ClN2O2S/c1-16(8-9-6-10(14)7-9)13-11-4-2-3-5-12(11)19(17,18)15-13/h2-5,9-10H,6-8H2,1H3. The number of halogens is 1. The highest BCUT2D eigenvalue weighted by Gasteiger charge is 2.33. The second-order valence-corrected chi connectivity index (χ2v) is 7.39. The van der Waals surface area contributed by atoms with E-state index in [0.717, 1.165) is 19.4 Å². The van der Waals surface area contributed by atoms with Crippen LogP contribution < -0.4 is 0 Å². The van der Waals surface area contributed by atoms with Gasteiger partial charge in [0.05, 0.1) is 0 Å². The normalized spacial score (nSPS) is 27.4. The zero-order chi connectivity index (χ0) is 13.6. The number of alkyl halides is 1.